The van der Waals surface area contributed by atoms with Gasteiger partial charge >= 0.3 is 5.97 Å². The number of carbonyl (C=O) groups is 1. The number of aliphatic carboxylic acids is 1. The SMILES string of the molecule is CCNC(CSC1CCOC1C)(C(=O)O)C1CC1. The molecule has 0 bridgehead atoms. The van der Waals surface area contributed by atoms with Crippen LogP contribution in [0.2, 0.25) is 0 Å². The Morgan fingerprint density at radius 2 is 2.22 bits per heavy atom. The third-order valence-corrected chi connectivity index (χ3v) is 5.65. The molecule has 104 valence electrons. The molecule has 0 aromatic carbocycles. The Labute approximate surface area is 113 Å². The van der Waals surface area contributed by atoms with E-state index in [1.807, 2.05) is 6.92 Å². The van der Waals surface area contributed by atoms with E-state index >= 15 is 0 Å². The van der Waals surface area contributed by atoms with Crippen LogP contribution in [0.5, 0.6) is 0 Å². The fraction of sp³-hybridized carbons (Fsp3) is 0.923. The smallest absolute Gasteiger partial charge is 0.325 e. The number of hydrogen-bond acceptors (Lipinski definition) is 4. The standard InChI is InChI=1S/C13H23NO3S/c1-3-14-13(12(15)16,10-4-5-10)8-18-11-6-7-17-9(11)2/h9-11,14H,3-8H2,1-2H3,(H,15,16). The van der Waals surface area contributed by atoms with Crippen LogP contribution < -0.4 is 5.32 Å². The fourth-order valence-corrected chi connectivity index (χ4v) is 4.24. The Morgan fingerprint density at radius 1 is 1.50 bits per heavy atom. The van der Waals surface area contributed by atoms with E-state index < -0.39 is 11.5 Å². The second-order valence-corrected chi connectivity index (χ2v) is 6.52. The summed E-state index contributed by atoms with van der Waals surface area (Å²) in [4.78, 5) is 11.7. The molecule has 1 saturated carbocycles. The van der Waals surface area contributed by atoms with Crippen molar-refractivity contribution in [2.24, 2.45) is 5.92 Å². The van der Waals surface area contributed by atoms with Gasteiger partial charge in [-0.05, 0) is 38.6 Å². The van der Waals surface area contributed by atoms with Crippen LogP contribution in [0.25, 0.3) is 0 Å². The van der Waals surface area contributed by atoms with Crippen LogP contribution in [0.3, 0.4) is 0 Å². The van der Waals surface area contributed by atoms with Gasteiger partial charge in [-0.3, -0.25) is 4.79 Å². The molecule has 0 amide bonds. The molecule has 1 aliphatic carbocycles. The molecule has 1 heterocycles. The molecule has 3 unspecified atom stereocenters. The van der Waals surface area contributed by atoms with Crippen molar-refractivity contribution >= 4 is 17.7 Å². The van der Waals surface area contributed by atoms with E-state index in [2.05, 4.69) is 12.2 Å². The maximum Gasteiger partial charge on any atom is 0.325 e. The summed E-state index contributed by atoms with van der Waals surface area (Å²) < 4.78 is 5.54. The maximum atomic E-state index is 11.7. The van der Waals surface area contributed by atoms with Crippen molar-refractivity contribution in [2.45, 2.75) is 50.0 Å². The Bertz CT molecular complexity index is 309. The molecular formula is C13H23NO3S. The average molecular weight is 273 g/mol. The summed E-state index contributed by atoms with van der Waals surface area (Å²) in [5.41, 5.74) is -0.721. The van der Waals surface area contributed by atoms with Crippen molar-refractivity contribution in [1.29, 1.82) is 0 Å². The lowest BCUT2D eigenvalue weighted by molar-refractivity contribution is -0.144. The van der Waals surface area contributed by atoms with Gasteiger partial charge in [0.05, 0.1) is 6.10 Å². The monoisotopic (exact) mass is 273 g/mol. The zero-order chi connectivity index (χ0) is 13.2. The van der Waals surface area contributed by atoms with Crippen LogP contribution in [0, 0.1) is 5.92 Å². The highest BCUT2D eigenvalue weighted by Gasteiger charge is 2.51. The molecule has 2 fully saturated rings. The fourth-order valence-electron chi connectivity index (χ4n) is 2.69. The van der Waals surface area contributed by atoms with Gasteiger partial charge in [-0.25, -0.2) is 0 Å². The molecule has 2 aliphatic rings. The van der Waals surface area contributed by atoms with E-state index in [1.165, 1.54) is 0 Å². The normalized spacial score (nSPS) is 31.2. The van der Waals surface area contributed by atoms with E-state index in [4.69, 9.17) is 4.74 Å². The van der Waals surface area contributed by atoms with Gasteiger partial charge in [-0.2, -0.15) is 11.8 Å². The first-order valence-electron chi connectivity index (χ1n) is 6.81. The van der Waals surface area contributed by atoms with Crippen LogP contribution >= 0.6 is 11.8 Å². The lowest BCUT2D eigenvalue weighted by atomic mass is 9.96. The molecule has 5 heteroatoms. The Balaban J connectivity index is 1.98. The molecule has 0 aromatic rings. The molecule has 0 spiro atoms. The molecule has 0 aromatic heterocycles. The third-order valence-electron chi connectivity index (χ3n) is 3.98. The summed E-state index contributed by atoms with van der Waals surface area (Å²) in [7, 11) is 0. The lowest BCUT2D eigenvalue weighted by Crippen LogP contribution is -2.56. The third kappa shape index (κ3) is 2.83. The second-order valence-electron chi connectivity index (χ2n) is 5.30. The number of carboxylic acid groups (broad SMARTS) is 1. The van der Waals surface area contributed by atoms with Crippen molar-refractivity contribution in [3.63, 3.8) is 0 Å². The largest absolute Gasteiger partial charge is 0.480 e. The van der Waals surface area contributed by atoms with Gasteiger partial charge in [-0.1, -0.05) is 6.92 Å². The highest BCUT2D eigenvalue weighted by molar-refractivity contribution is 8.00. The molecule has 0 radical (unpaired) electrons. The number of hydrogen-bond donors (Lipinski definition) is 2. The van der Waals surface area contributed by atoms with Crippen molar-refractivity contribution in [2.75, 3.05) is 18.9 Å². The Hall–Kier alpha value is -0.260. The number of rotatable bonds is 7. The number of nitrogens with one attached hydrogen (secondary N) is 1. The average Bonchev–Trinajstić information content (AvgIpc) is 3.09. The predicted molar refractivity (Wildman–Crippen MR) is 73.0 cm³/mol. The van der Waals surface area contributed by atoms with Crippen LogP contribution in [0.4, 0.5) is 0 Å². The van der Waals surface area contributed by atoms with Gasteiger partial charge in [0.1, 0.15) is 5.54 Å². The van der Waals surface area contributed by atoms with Crippen LogP contribution in [0.15, 0.2) is 0 Å². The molecule has 4 nitrogen and oxygen atoms in total. The number of thioether (sulfide) groups is 1. The zero-order valence-electron chi connectivity index (χ0n) is 11.1. The van der Waals surface area contributed by atoms with E-state index in [0.717, 1.165) is 25.9 Å². The van der Waals surface area contributed by atoms with Gasteiger partial charge in [-0.15, -0.1) is 0 Å². The first-order chi connectivity index (χ1) is 8.60. The Morgan fingerprint density at radius 3 is 2.67 bits per heavy atom. The number of likely N-dealkylation sites (N-methyl/N-ethyl adjacent to an activating group) is 1. The molecule has 3 atom stereocenters. The maximum absolute atomic E-state index is 11.7. The quantitative estimate of drug-likeness (QED) is 0.740. The first kappa shape index (κ1) is 14.2. The van der Waals surface area contributed by atoms with Crippen LogP contribution in [0.1, 0.15) is 33.1 Å². The molecule has 1 aliphatic heterocycles. The van der Waals surface area contributed by atoms with E-state index in [1.54, 1.807) is 11.8 Å². The number of ether oxygens (including phenoxy) is 1. The summed E-state index contributed by atoms with van der Waals surface area (Å²) in [6, 6.07) is 0. The topological polar surface area (TPSA) is 58.6 Å². The van der Waals surface area contributed by atoms with Gasteiger partial charge < -0.3 is 15.2 Å². The molecule has 1 saturated heterocycles. The molecular weight excluding hydrogens is 250 g/mol. The zero-order valence-corrected chi connectivity index (χ0v) is 12.0. The number of carboxylic acids is 1. The van der Waals surface area contributed by atoms with Crippen LogP contribution in [-0.4, -0.2) is 46.9 Å². The molecule has 18 heavy (non-hydrogen) atoms. The van der Waals surface area contributed by atoms with Crippen molar-refractivity contribution in [3.8, 4) is 0 Å². The summed E-state index contributed by atoms with van der Waals surface area (Å²) >= 11 is 1.77. The first-order valence-corrected chi connectivity index (χ1v) is 7.86. The summed E-state index contributed by atoms with van der Waals surface area (Å²) in [5, 5.41) is 13.3. The van der Waals surface area contributed by atoms with Crippen molar-refractivity contribution < 1.29 is 14.6 Å². The highest BCUT2D eigenvalue weighted by atomic mass is 32.2. The summed E-state index contributed by atoms with van der Waals surface area (Å²) in [6.07, 6.45) is 3.37. The van der Waals surface area contributed by atoms with Gasteiger partial charge in [0, 0.05) is 17.6 Å². The minimum Gasteiger partial charge on any atom is -0.480 e. The minimum absolute atomic E-state index is 0.252. The second kappa shape index (κ2) is 5.80. The van der Waals surface area contributed by atoms with Crippen molar-refractivity contribution in [3.05, 3.63) is 0 Å². The summed E-state index contributed by atoms with van der Waals surface area (Å²) in [5.74, 6) is 0.269. The van der Waals surface area contributed by atoms with E-state index in [9.17, 15) is 9.90 Å². The predicted octanol–water partition coefficient (Wildman–Crippen LogP) is 1.74. The molecule has 2 rings (SSSR count). The minimum atomic E-state index is -0.721. The van der Waals surface area contributed by atoms with Gasteiger partial charge in [0.2, 0.25) is 0 Å². The van der Waals surface area contributed by atoms with Crippen molar-refractivity contribution in [1.82, 2.24) is 5.32 Å². The van der Waals surface area contributed by atoms with E-state index in [-0.39, 0.29) is 6.10 Å². The highest BCUT2D eigenvalue weighted by Crippen LogP contribution is 2.43. The van der Waals surface area contributed by atoms with Crippen LogP contribution in [-0.2, 0) is 9.53 Å². The van der Waals surface area contributed by atoms with Gasteiger partial charge in [0.15, 0.2) is 0 Å². The van der Waals surface area contributed by atoms with E-state index in [0.29, 0.717) is 23.5 Å². The Kier molecular flexibility index (Phi) is 4.56. The van der Waals surface area contributed by atoms with Gasteiger partial charge in [0.25, 0.3) is 0 Å². The molecule has 2 N–H and O–H groups in total. The lowest BCUT2D eigenvalue weighted by Gasteiger charge is -2.31. The summed E-state index contributed by atoms with van der Waals surface area (Å²) in [6.45, 7) is 5.58.